The van der Waals surface area contributed by atoms with Gasteiger partial charge in [-0.25, -0.2) is 15.0 Å². The summed E-state index contributed by atoms with van der Waals surface area (Å²) in [4.78, 5) is 17.7. The Morgan fingerprint density at radius 3 is 1.66 bits per heavy atom. The molecule has 2 atom stereocenters. The molecule has 8 heterocycles. The molecule has 8 aromatic rings. The number of aromatic nitrogens is 4. The van der Waals surface area contributed by atoms with Gasteiger partial charge < -0.3 is 60.7 Å². The molecule has 0 saturated carbocycles. The van der Waals surface area contributed by atoms with Crippen LogP contribution in [0.15, 0.2) is 89.5 Å². The minimum absolute atomic E-state index is 0.111. The fourth-order valence-electron chi connectivity index (χ4n) is 8.50. The number of thioether (sulfide) groups is 1. The Morgan fingerprint density at radius 2 is 1.16 bits per heavy atom. The maximum atomic E-state index is 9.75. The number of anilines is 7. The summed E-state index contributed by atoms with van der Waals surface area (Å²) in [6, 6.07) is 27.5. The average Bonchev–Trinajstić information content (AvgIpc) is 4.32. The maximum absolute atomic E-state index is 9.75. The van der Waals surface area contributed by atoms with Crippen molar-refractivity contribution in [2.45, 2.75) is 55.3 Å². The van der Waals surface area contributed by atoms with Crippen LogP contribution in [0.1, 0.15) is 47.9 Å². The Kier molecular flexibility index (Phi) is 17.2. The predicted octanol–water partition coefficient (Wildman–Crippen LogP) is 11.6. The standard InChI is InChI=1S/C26H23ClN6O3S.C15H9ClN4O2S2.C12H18N2O/c27-19-7-8-20-23(36-14-35-20)22(19)32-21-16(10-28)12-30-25-24(21)37-26(33-25)31-17-5-3-15(4-6-17)11-29-13-18-2-1-9-34-18;1-23-15-20-14-13(24-15)10(7(4-17)5-18-14)19-11-8(16)2-3-9-12(11)22-6-21-9;13-11-5-3-10(4-6-11)8-14-9-12-2-1-7-15-12/h3-8,12,18,29H,1-2,9,11,13-14H2,(H2,30,31,32,33);2-3,5H,6H2,1H3,(H,18,19);3-6,12,14H,1-2,7-9,13H2/t18-;;12-/m1.1/s1. The van der Waals surface area contributed by atoms with Crippen molar-refractivity contribution in [1.29, 1.82) is 10.5 Å². The number of hydrogen-bond acceptors (Lipinski definition) is 21. The third-order valence-corrected chi connectivity index (χ3v) is 16.0. The zero-order valence-electron chi connectivity index (χ0n) is 40.9. The average molecular weight is 1120 g/mol. The topological polar surface area (TPSA) is 241 Å². The molecule has 0 aliphatic carbocycles. The number of nitrogens with two attached hydrogens (primary N) is 1. The van der Waals surface area contributed by atoms with Gasteiger partial charge in [-0.05, 0) is 91.6 Å². The van der Waals surface area contributed by atoms with E-state index in [0.29, 0.717) is 95.6 Å². The SMILES string of the molecule is CSc1nc2ncc(C#N)c(Nc3c(Cl)ccc4c3OCO4)c2s1.N#Cc1cnc2nc(Nc3ccc(CNC[C@H]4CCCO4)cc3)sc2c1Nc1c(Cl)ccc2c1OCO2.Nc1ccc(CNC[C@H]2CCCO2)cc1. The van der Waals surface area contributed by atoms with Crippen molar-refractivity contribution in [3.63, 3.8) is 0 Å². The van der Waals surface area contributed by atoms with Crippen LogP contribution in [0, 0.1) is 22.7 Å². The lowest BCUT2D eigenvalue weighted by molar-refractivity contribution is 0.110. The molecular formula is C53H50Cl2N12O6S3. The Hall–Kier alpha value is -6.89. The Bertz CT molecular complexity index is 3420. The second kappa shape index (κ2) is 24.8. The molecular weight excluding hydrogens is 1070 g/mol. The number of nitrogen functional groups attached to an aromatic ring is 1. The van der Waals surface area contributed by atoms with Gasteiger partial charge in [0.25, 0.3) is 0 Å². The lowest BCUT2D eigenvalue weighted by Crippen LogP contribution is -2.25. The molecule has 390 valence electrons. The van der Waals surface area contributed by atoms with Crippen molar-refractivity contribution in [1.82, 2.24) is 30.6 Å². The highest BCUT2D eigenvalue weighted by Gasteiger charge is 2.25. The van der Waals surface area contributed by atoms with Gasteiger partial charge in [-0.2, -0.15) is 15.5 Å². The molecule has 2 saturated heterocycles. The van der Waals surface area contributed by atoms with Crippen LogP contribution >= 0.6 is 57.6 Å². The number of ether oxygens (including phenoxy) is 6. The fraction of sp³-hybridized carbons (Fsp3) is 0.283. The summed E-state index contributed by atoms with van der Waals surface area (Å²) in [5.74, 6) is 2.24. The summed E-state index contributed by atoms with van der Waals surface area (Å²) < 4.78 is 35.6. The van der Waals surface area contributed by atoms with Gasteiger partial charge in [-0.15, -0.1) is 11.3 Å². The van der Waals surface area contributed by atoms with Crippen molar-refractivity contribution in [2.75, 3.05) is 67.8 Å². The van der Waals surface area contributed by atoms with Crippen molar-refractivity contribution in [3.05, 3.63) is 117 Å². The van der Waals surface area contributed by atoms with E-state index in [1.54, 1.807) is 24.3 Å². The van der Waals surface area contributed by atoms with Gasteiger partial charge in [0, 0.05) is 63.2 Å². The van der Waals surface area contributed by atoms with Crippen molar-refractivity contribution < 1.29 is 28.4 Å². The summed E-state index contributed by atoms with van der Waals surface area (Å²) >= 11 is 17.2. The van der Waals surface area contributed by atoms with Crippen LogP contribution in [-0.4, -0.2) is 78.3 Å². The highest BCUT2D eigenvalue weighted by Crippen LogP contribution is 2.48. The summed E-state index contributed by atoms with van der Waals surface area (Å²) in [7, 11) is 0. The zero-order chi connectivity index (χ0) is 52.4. The second-order valence-electron chi connectivity index (χ2n) is 17.5. The van der Waals surface area contributed by atoms with E-state index in [9.17, 15) is 10.5 Å². The molecule has 7 N–H and O–H groups in total. The number of thiazole rings is 2. The van der Waals surface area contributed by atoms with Gasteiger partial charge in [0.2, 0.25) is 13.6 Å². The zero-order valence-corrected chi connectivity index (χ0v) is 44.9. The minimum Gasteiger partial charge on any atom is -0.454 e. The lowest BCUT2D eigenvalue weighted by atomic mass is 10.2. The van der Waals surface area contributed by atoms with Crippen LogP contribution in [-0.2, 0) is 22.6 Å². The number of benzene rings is 4. The third-order valence-electron chi connectivity index (χ3n) is 12.4. The lowest BCUT2D eigenvalue weighted by Gasteiger charge is -2.12. The molecule has 0 bridgehead atoms. The molecule has 4 aliphatic heterocycles. The Balaban J connectivity index is 0.000000144. The molecule has 4 aromatic heterocycles. The Labute approximate surface area is 460 Å². The summed E-state index contributed by atoms with van der Waals surface area (Å²) in [5, 5.41) is 37.5. The van der Waals surface area contributed by atoms with Gasteiger partial charge in [-0.1, -0.05) is 70.6 Å². The molecule has 0 spiro atoms. The number of pyridine rings is 2. The first kappa shape index (κ1) is 52.5. The first-order valence-electron chi connectivity index (χ1n) is 24.2. The molecule has 23 heteroatoms. The largest absolute Gasteiger partial charge is 0.454 e. The van der Waals surface area contributed by atoms with Gasteiger partial charge in [0.15, 0.2) is 43.8 Å². The van der Waals surface area contributed by atoms with Crippen LogP contribution in [0.2, 0.25) is 10.0 Å². The number of fused-ring (bicyclic) bond motifs is 4. The molecule has 4 aromatic carbocycles. The second-order valence-corrected chi connectivity index (χ2v) is 21.3. The van der Waals surface area contributed by atoms with Crippen LogP contribution in [0.25, 0.3) is 20.7 Å². The molecule has 2 fully saturated rings. The van der Waals surface area contributed by atoms with Crippen molar-refractivity contribution in [2.24, 2.45) is 0 Å². The van der Waals surface area contributed by atoms with Crippen LogP contribution in [0.5, 0.6) is 23.0 Å². The highest BCUT2D eigenvalue weighted by atomic mass is 35.5. The molecule has 0 radical (unpaired) electrons. The first-order chi connectivity index (χ1) is 37.2. The van der Waals surface area contributed by atoms with E-state index >= 15 is 0 Å². The summed E-state index contributed by atoms with van der Waals surface area (Å²) in [6.07, 6.45) is 10.4. The normalized spacial score (nSPS) is 15.9. The fourth-order valence-corrected chi connectivity index (χ4v) is 11.4. The van der Waals surface area contributed by atoms with E-state index in [2.05, 4.69) is 82.9 Å². The highest BCUT2D eigenvalue weighted by molar-refractivity contribution is 8.00. The van der Waals surface area contributed by atoms with E-state index in [1.807, 2.05) is 30.5 Å². The molecule has 4 aliphatic rings. The minimum atomic E-state index is 0.111. The van der Waals surface area contributed by atoms with Crippen LogP contribution in [0.3, 0.4) is 0 Å². The number of rotatable bonds is 15. The van der Waals surface area contributed by atoms with E-state index < -0.39 is 0 Å². The summed E-state index contributed by atoms with van der Waals surface area (Å²) in [6.45, 7) is 5.54. The maximum Gasteiger partial charge on any atom is 0.231 e. The van der Waals surface area contributed by atoms with Gasteiger partial charge in [-0.3, -0.25) is 0 Å². The van der Waals surface area contributed by atoms with Crippen LogP contribution < -0.4 is 51.3 Å². The van der Waals surface area contributed by atoms with E-state index in [1.165, 1.54) is 70.8 Å². The van der Waals surface area contributed by atoms with Gasteiger partial charge in [0.05, 0.1) is 49.5 Å². The first-order valence-corrected chi connectivity index (χ1v) is 27.8. The van der Waals surface area contributed by atoms with Gasteiger partial charge >= 0.3 is 0 Å². The molecule has 76 heavy (non-hydrogen) atoms. The Morgan fingerprint density at radius 1 is 0.645 bits per heavy atom. The molecule has 0 unspecified atom stereocenters. The predicted molar refractivity (Wildman–Crippen MR) is 300 cm³/mol. The van der Waals surface area contributed by atoms with Crippen LogP contribution in [0.4, 0.5) is 39.3 Å². The number of nitrogens with one attached hydrogen (secondary N) is 5. The van der Waals surface area contributed by atoms with E-state index in [4.69, 9.17) is 57.4 Å². The number of nitrogens with zero attached hydrogens (tertiary/aromatic N) is 6. The molecule has 12 rings (SSSR count). The van der Waals surface area contributed by atoms with Crippen molar-refractivity contribution in [3.8, 4) is 35.1 Å². The summed E-state index contributed by atoms with van der Waals surface area (Å²) in [5.41, 5.74) is 14.0. The van der Waals surface area contributed by atoms with Crippen molar-refractivity contribution >= 4 is 118 Å². The number of hydrogen-bond donors (Lipinski definition) is 6. The van der Waals surface area contributed by atoms with E-state index in [-0.39, 0.29) is 13.6 Å². The number of nitriles is 2. The smallest absolute Gasteiger partial charge is 0.231 e. The molecule has 0 amide bonds. The quantitative estimate of drug-likeness (QED) is 0.0413. The van der Waals surface area contributed by atoms with Gasteiger partial charge in [0.1, 0.15) is 28.2 Å². The van der Waals surface area contributed by atoms with E-state index in [0.717, 1.165) is 77.3 Å². The molecule has 18 nitrogen and oxygen atoms in total. The monoisotopic (exact) mass is 1120 g/mol. The number of halogens is 2. The third kappa shape index (κ3) is 12.5.